The SMILES string of the molecule is CN(CCO)C(=O)COc1ccc(F)cc1Cl. The monoisotopic (exact) mass is 261 g/mol. The summed E-state index contributed by atoms with van der Waals surface area (Å²) in [6, 6.07) is 3.67. The van der Waals surface area contributed by atoms with Crippen LogP contribution in [0.25, 0.3) is 0 Å². The smallest absolute Gasteiger partial charge is 0.260 e. The number of amides is 1. The quantitative estimate of drug-likeness (QED) is 0.869. The summed E-state index contributed by atoms with van der Waals surface area (Å²) in [6.45, 7) is -0.0826. The first-order valence-corrected chi connectivity index (χ1v) is 5.35. The first-order chi connectivity index (χ1) is 8.04. The van der Waals surface area contributed by atoms with Crippen LogP contribution < -0.4 is 4.74 Å². The third kappa shape index (κ3) is 4.20. The van der Waals surface area contributed by atoms with Crippen LogP contribution in [0, 0.1) is 5.82 Å². The average Bonchev–Trinajstić information content (AvgIpc) is 2.27. The molecule has 0 atom stereocenters. The van der Waals surface area contributed by atoms with E-state index in [-0.39, 0.29) is 36.4 Å². The number of rotatable bonds is 5. The fraction of sp³-hybridized carbons (Fsp3) is 0.364. The topological polar surface area (TPSA) is 49.8 Å². The Labute approximate surface area is 104 Å². The number of likely N-dealkylation sites (N-methyl/N-ethyl adjacent to an activating group) is 1. The van der Waals surface area contributed by atoms with Crippen LogP contribution in [0.3, 0.4) is 0 Å². The van der Waals surface area contributed by atoms with Crippen molar-refractivity contribution in [1.82, 2.24) is 4.90 Å². The Kier molecular flexibility index (Phi) is 5.18. The van der Waals surface area contributed by atoms with E-state index in [1.165, 1.54) is 17.0 Å². The van der Waals surface area contributed by atoms with Crippen LogP contribution in [0.2, 0.25) is 5.02 Å². The van der Waals surface area contributed by atoms with E-state index in [4.69, 9.17) is 21.4 Å². The summed E-state index contributed by atoms with van der Waals surface area (Å²) in [7, 11) is 1.55. The van der Waals surface area contributed by atoms with Crippen molar-refractivity contribution in [2.75, 3.05) is 26.8 Å². The maximum absolute atomic E-state index is 12.7. The number of hydrogen-bond acceptors (Lipinski definition) is 3. The summed E-state index contributed by atoms with van der Waals surface area (Å²) >= 11 is 5.72. The number of nitrogens with zero attached hydrogens (tertiary/aromatic N) is 1. The van der Waals surface area contributed by atoms with Crippen molar-refractivity contribution in [3.05, 3.63) is 29.0 Å². The van der Waals surface area contributed by atoms with Crippen LogP contribution in [0.15, 0.2) is 18.2 Å². The zero-order chi connectivity index (χ0) is 12.8. The van der Waals surface area contributed by atoms with Gasteiger partial charge in [-0.1, -0.05) is 11.6 Å². The Morgan fingerprint density at radius 3 is 2.88 bits per heavy atom. The first-order valence-electron chi connectivity index (χ1n) is 4.97. The summed E-state index contributed by atoms with van der Waals surface area (Å²) in [5.41, 5.74) is 0. The van der Waals surface area contributed by atoms with Crippen LogP contribution in [0.1, 0.15) is 0 Å². The molecule has 0 saturated heterocycles. The summed E-state index contributed by atoms with van der Waals surface area (Å²) < 4.78 is 17.9. The zero-order valence-electron chi connectivity index (χ0n) is 9.32. The van der Waals surface area contributed by atoms with E-state index in [1.807, 2.05) is 0 Å². The molecule has 0 aliphatic rings. The fourth-order valence-corrected chi connectivity index (χ4v) is 1.34. The minimum atomic E-state index is -0.467. The minimum absolute atomic E-state index is 0.112. The van der Waals surface area contributed by atoms with Crippen LogP contribution >= 0.6 is 11.6 Å². The molecule has 0 aliphatic carbocycles. The van der Waals surface area contributed by atoms with Crippen molar-refractivity contribution in [3.8, 4) is 5.75 Å². The Morgan fingerprint density at radius 2 is 2.29 bits per heavy atom. The second-order valence-corrected chi connectivity index (χ2v) is 3.81. The molecule has 94 valence electrons. The molecule has 1 aromatic carbocycles. The summed E-state index contributed by atoms with van der Waals surface area (Å²) in [4.78, 5) is 12.8. The van der Waals surface area contributed by atoms with Gasteiger partial charge < -0.3 is 14.7 Å². The predicted molar refractivity (Wildman–Crippen MR) is 61.6 cm³/mol. The van der Waals surface area contributed by atoms with Gasteiger partial charge in [0.1, 0.15) is 11.6 Å². The third-order valence-electron chi connectivity index (χ3n) is 2.11. The Morgan fingerprint density at radius 1 is 1.59 bits per heavy atom. The number of benzene rings is 1. The lowest BCUT2D eigenvalue weighted by molar-refractivity contribution is -0.132. The van der Waals surface area contributed by atoms with Crippen molar-refractivity contribution in [1.29, 1.82) is 0 Å². The summed E-state index contributed by atoms with van der Waals surface area (Å²) in [6.07, 6.45) is 0. The highest BCUT2D eigenvalue weighted by Gasteiger charge is 2.10. The van der Waals surface area contributed by atoms with Gasteiger partial charge in [-0.05, 0) is 18.2 Å². The van der Waals surface area contributed by atoms with Gasteiger partial charge in [-0.25, -0.2) is 4.39 Å². The molecule has 4 nitrogen and oxygen atoms in total. The molecule has 6 heteroatoms. The van der Waals surface area contributed by atoms with E-state index in [2.05, 4.69) is 0 Å². The molecule has 0 radical (unpaired) electrons. The molecule has 1 rings (SSSR count). The highest BCUT2D eigenvalue weighted by atomic mass is 35.5. The molecule has 1 aromatic rings. The van der Waals surface area contributed by atoms with Gasteiger partial charge in [-0.15, -0.1) is 0 Å². The van der Waals surface area contributed by atoms with Crippen molar-refractivity contribution in [2.24, 2.45) is 0 Å². The van der Waals surface area contributed by atoms with Crippen LogP contribution in [0.5, 0.6) is 5.75 Å². The highest BCUT2D eigenvalue weighted by Crippen LogP contribution is 2.24. The van der Waals surface area contributed by atoms with Gasteiger partial charge in [0.15, 0.2) is 6.61 Å². The van der Waals surface area contributed by atoms with Gasteiger partial charge >= 0.3 is 0 Å². The number of carbonyl (C=O) groups excluding carboxylic acids is 1. The second kappa shape index (κ2) is 6.42. The lowest BCUT2D eigenvalue weighted by Crippen LogP contribution is -2.33. The minimum Gasteiger partial charge on any atom is -0.482 e. The maximum atomic E-state index is 12.7. The zero-order valence-corrected chi connectivity index (χ0v) is 10.1. The molecule has 1 amide bonds. The molecule has 0 bridgehead atoms. The van der Waals surface area contributed by atoms with E-state index in [9.17, 15) is 9.18 Å². The van der Waals surface area contributed by atoms with Crippen molar-refractivity contribution >= 4 is 17.5 Å². The van der Waals surface area contributed by atoms with Crippen LogP contribution in [0.4, 0.5) is 4.39 Å². The fourth-order valence-electron chi connectivity index (χ4n) is 1.12. The van der Waals surface area contributed by atoms with Gasteiger partial charge in [0.25, 0.3) is 5.91 Å². The van der Waals surface area contributed by atoms with Crippen LogP contribution in [-0.4, -0.2) is 42.7 Å². The largest absolute Gasteiger partial charge is 0.482 e. The van der Waals surface area contributed by atoms with E-state index >= 15 is 0 Å². The Hall–Kier alpha value is -1.33. The average molecular weight is 262 g/mol. The van der Waals surface area contributed by atoms with Gasteiger partial charge in [0, 0.05) is 13.6 Å². The Balaban J connectivity index is 2.53. The van der Waals surface area contributed by atoms with Gasteiger partial charge in [-0.2, -0.15) is 0 Å². The number of ether oxygens (including phenoxy) is 1. The molecule has 1 N–H and O–H groups in total. The first kappa shape index (κ1) is 13.7. The van der Waals surface area contributed by atoms with Crippen molar-refractivity contribution < 1.29 is 19.0 Å². The second-order valence-electron chi connectivity index (χ2n) is 3.40. The number of aliphatic hydroxyl groups excluding tert-OH is 1. The molecule has 0 aromatic heterocycles. The molecular weight excluding hydrogens is 249 g/mol. The molecular formula is C11H13ClFNO3. The number of carbonyl (C=O) groups is 1. The number of halogens is 2. The van der Waals surface area contributed by atoms with E-state index in [0.29, 0.717) is 0 Å². The molecule has 17 heavy (non-hydrogen) atoms. The molecule has 0 saturated carbocycles. The molecule has 0 unspecified atom stereocenters. The van der Waals surface area contributed by atoms with Gasteiger partial charge in [0.2, 0.25) is 0 Å². The van der Waals surface area contributed by atoms with E-state index in [0.717, 1.165) is 6.07 Å². The summed E-state index contributed by atoms with van der Waals surface area (Å²) in [5.74, 6) is -0.510. The maximum Gasteiger partial charge on any atom is 0.260 e. The highest BCUT2D eigenvalue weighted by molar-refractivity contribution is 6.32. The molecule has 0 fully saturated rings. The molecule has 0 spiro atoms. The van der Waals surface area contributed by atoms with Crippen molar-refractivity contribution in [3.63, 3.8) is 0 Å². The predicted octanol–water partition coefficient (Wildman–Crippen LogP) is 1.31. The van der Waals surface area contributed by atoms with Crippen molar-refractivity contribution in [2.45, 2.75) is 0 Å². The standard InChI is InChI=1S/C11H13ClFNO3/c1-14(4-5-15)11(16)7-17-10-3-2-8(13)6-9(10)12/h2-3,6,15H,4-5,7H2,1H3. The molecule has 0 aliphatic heterocycles. The van der Waals surface area contributed by atoms with Gasteiger partial charge in [0.05, 0.1) is 11.6 Å². The van der Waals surface area contributed by atoms with Gasteiger partial charge in [-0.3, -0.25) is 4.79 Å². The Bertz CT molecular complexity index is 400. The normalized spacial score (nSPS) is 10.1. The lowest BCUT2D eigenvalue weighted by Gasteiger charge is -2.16. The third-order valence-corrected chi connectivity index (χ3v) is 2.40. The van der Waals surface area contributed by atoms with E-state index < -0.39 is 5.82 Å². The summed E-state index contributed by atoms with van der Waals surface area (Å²) in [5, 5.41) is 8.76. The number of hydrogen-bond donors (Lipinski definition) is 1. The lowest BCUT2D eigenvalue weighted by atomic mass is 10.3. The van der Waals surface area contributed by atoms with Crippen LogP contribution in [-0.2, 0) is 4.79 Å². The number of aliphatic hydroxyl groups is 1. The molecule has 0 heterocycles. The van der Waals surface area contributed by atoms with E-state index in [1.54, 1.807) is 7.05 Å².